The van der Waals surface area contributed by atoms with E-state index in [1.165, 1.54) is 0 Å². The van der Waals surface area contributed by atoms with Crippen LogP contribution in [0.3, 0.4) is 0 Å². The first kappa shape index (κ1) is 12.6. The SMILES string of the molecule is NNc1cccc(NC2CCOCC2)c1[N+](=O)[O-]. The number of hydrogen-bond donors (Lipinski definition) is 3. The molecule has 0 amide bonds. The number of rotatable bonds is 4. The third-order valence-corrected chi connectivity index (χ3v) is 2.96. The fourth-order valence-corrected chi connectivity index (χ4v) is 2.03. The highest BCUT2D eigenvalue weighted by Gasteiger charge is 2.22. The fraction of sp³-hybridized carbons (Fsp3) is 0.455. The van der Waals surface area contributed by atoms with Gasteiger partial charge >= 0.3 is 5.69 Å². The van der Waals surface area contributed by atoms with Crippen LogP contribution >= 0.6 is 0 Å². The first-order valence-electron chi connectivity index (χ1n) is 5.80. The highest BCUT2D eigenvalue weighted by atomic mass is 16.6. The smallest absolute Gasteiger partial charge is 0.316 e. The van der Waals surface area contributed by atoms with Gasteiger partial charge in [0.05, 0.1) is 4.92 Å². The maximum absolute atomic E-state index is 11.1. The molecule has 0 radical (unpaired) electrons. The van der Waals surface area contributed by atoms with Crippen molar-refractivity contribution in [3.8, 4) is 0 Å². The number of nitrogens with two attached hydrogens (primary N) is 1. The highest BCUT2D eigenvalue weighted by Crippen LogP contribution is 2.33. The van der Waals surface area contributed by atoms with Crippen LogP contribution in [0.1, 0.15) is 12.8 Å². The Hall–Kier alpha value is -1.86. The normalized spacial score (nSPS) is 16.3. The third-order valence-electron chi connectivity index (χ3n) is 2.96. The second kappa shape index (κ2) is 5.65. The number of ether oxygens (including phenoxy) is 1. The van der Waals surface area contributed by atoms with Crippen LogP contribution in [0.15, 0.2) is 18.2 Å². The summed E-state index contributed by atoms with van der Waals surface area (Å²) in [6, 6.07) is 5.19. The average Bonchev–Trinajstić information content (AvgIpc) is 2.39. The van der Waals surface area contributed by atoms with Gasteiger partial charge in [-0.05, 0) is 25.0 Å². The number of nitrogens with zero attached hydrogens (tertiary/aromatic N) is 1. The van der Waals surface area contributed by atoms with E-state index >= 15 is 0 Å². The Bertz CT molecular complexity index is 432. The van der Waals surface area contributed by atoms with Gasteiger partial charge in [0.2, 0.25) is 0 Å². The minimum atomic E-state index is -0.434. The number of nitrogen functional groups attached to an aromatic ring is 1. The van der Waals surface area contributed by atoms with Gasteiger partial charge in [-0.25, -0.2) is 0 Å². The molecule has 1 saturated heterocycles. The van der Waals surface area contributed by atoms with Crippen LogP contribution in [-0.4, -0.2) is 24.2 Å². The number of hydrogen-bond acceptors (Lipinski definition) is 6. The Morgan fingerprint density at radius 3 is 2.61 bits per heavy atom. The minimum absolute atomic E-state index is 0.0218. The predicted octanol–water partition coefficient (Wildman–Crippen LogP) is 1.47. The van der Waals surface area contributed by atoms with Gasteiger partial charge in [-0.1, -0.05) is 6.07 Å². The van der Waals surface area contributed by atoms with Crippen molar-refractivity contribution >= 4 is 17.1 Å². The molecule has 18 heavy (non-hydrogen) atoms. The standard InChI is InChI=1S/C11H16N4O3/c12-14-10-3-1-2-9(11(10)15(16)17)13-8-4-6-18-7-5-8/h1-3,8,13-14H,4-7,12H2. The zero-order valence-electron chi connectivity index (χ0n) is 9.89. The predicted molar refractivity (Wildman–Crippen MR) is 68.4 cm³/mol. The van der Waals surface area contributed by atoms with E-state index in [0.29, 0.717) is 24.6 Å². The summed E-state index contributed by atoms with van der Waals surface area (Å²) in [7, 11) is 0. The summed E-state index contributed by atoms with van der Waals surface area (Å²) in [5, 5.41) is 14.3. The number of hydrazine groups is 1. The van der Waals surface area contributed by atoms with Gasteiger partial charge in [0.25, 0.3) is 0 Å². The molecule has 98 valence electrons. The molecule has 0 aliphatic carbocycles. The van der Waals surface area contributed by atoms with Crippen molar-refractivity contribution < 1.29 is 9.66 Å². The molecule has 0 bridgehead atoms. The molecule has 7 nitrogen and oxygen atoms in total. The molecule has 1 aliphatic rings. The van der Waals surface area contributed by atoms with Crippen LogP contribution in [0.2, 0.25) is 0 Å². The Morgan fingerprint density at radius 1 is 1.33 bits per heavy atom. The number of anilines is 2. The van der Waals surface area contributed by atoms with Gasteiger partial charge in [0, 0.05) is 19.3 Å². The number of nitro groups is 1. The van der Waals surface area contributed by atoms with Gasteiger partial charge in [-0.15, -0.1) is 0 Å². The molecule has 7 heteroatoms. The van der Waals surface area contributed by atoms with E-state index < -0.39 is 4.92 Å². The van der Waals surface area contributed by atoms with E-state index in [0.717, 1.165) is 12.8 Å². The van der Waals surface area contributed by atoms with Crippen molar-refractivity contribution in [1.29, 1.82) is 0 Å². The van der Waals surface area contributed by atoms with E-state index in [-0.39, 0.29) is 11.7 Å². The second-order valence-corrected chi connectivity index (χ2v) is 4.13. The second-order valence-electron chi connectivity index (χ2n) is 4.13. The zero-order chi connectivity index (χ0) is 13.0. The van der Waals surface area contributed by atoms with Crippen molar-refractivity contribution in [2.75, 3.05) is 24.0 Å². The Morgan fingerprint density at radius 2 is 2.00 bits per heavy atom. The largest absolute Gasteiger partial charge is 0.381 e. The van der Waals surface area contributed by atoms with E-state index in [2.05, 4.69) is 10.7 Å². The van der Waals surface area contributed by atoms with E-state index in [1.807, 2.05) is 0 Å². The zero-order valence-corrected chi connectivity index (χ0v) is 9.89. The fourth-order valence-electron chi connectivity index (χ4n) is 2.03. The molecule has 0 spiro atoms. The summed E-state index contributed by atoms with van der Waals surface area (Å²) < 4.78 is 5.25. The maximum Gasteiger partial charge on any atom is 0.316 e. The lowest BCUT2D eigenvalue weighted by Crippen LogP contribution is -2.28. The number of nitrogens with one attached hydrogen (secondary N) is 2. The molecular weight excluding hydrogens is 236 g/mol. The number of nitro benzene ring substituents is 1. The molecule has 1 aromatic carbocycles. The van der Waals surface area contributed by atoms with Gasteiger partial charge in [-0.3, -0.25) is 16.0 Å². The molecule has 1 aliphatic heterocycles. The van der Waals surface area contributed by atoms with Crippen LogP contribution < -0.4 is 16.6 Å². The van der Waals surface area contributed by atoms with Crippen molar-refractivity contribution in [1.82, 2.24) is 0 Å². The molecule has 0 unspecified atom stereocenters. The van der Waals surface area contributed by atoms with Crippen LogP contribution in [0.4, 0.5) is 17.1 Å². The van der Waals surface area contributed by atoms with E-state index in [4.69, 9.17) is 10.6 Å². The van der Waals surface area contributed by atoms with Gasteiger partial charge in [0.15, 0.2) is 0 Å². The Labute approximate surface area is 104 Å². The lowest BCUT2D eigenvalue weighted by molar-refractivity contribution is -0.383. The van der Waals surface area contributed by atoms with E-state index in [9.17, 15) is 10.1 Å². The lowest BCUT2D eigenvalue weighted by atomic mass is 10.1. The maximum atomic E-state index is 11.1. The quantitative estimate of drug-likeness (QED) is 0.426. The molecular formula is C11H16N4O3. The van der Waals surface area contributed by atoms with Crippen LogP contribution in [0, 0.1) is 10.1 Å². The molecule has 0 saturated carbocycles. The van der Waals surface area contributed by atoms with Gasteiger partial charge < -0.3 is 15.5 Å². The number of para-hydroxylation sites is 1. The molecule has 1 aromatic rings. The number of benzene rings is 1. The van der Waals surface area contributed by atoms with Crippen molar-refractivity contribution in [3.05, 3.63) is 28.3 Å². The molecule has 1 heterocycles. The summed E-state index contributed by atoms with van der Waals surface area (Å²) in [4.78, 5) is 10.7. The summed E-state index contributed by atoms with van der Waals surface area (Å²) in [6.07, 6.45) is 1.69. The van der Waals surface area contributed by atoms with Crippen LogP contribution in [-0.2, 0) is 4.74 Å². The van der Waals surface area contributed by atoms with Crippen molar-refractivity contribution in [2.45, 2.75) is 18.9 Å². The highest BCUT2D eigenvalue weighted by molar-refractivity contribution is 5.76. The van der Waals surface area contributed by atoms with Crippen molar-refractivity contribution in [3.63, 3.8) is 0 Å². The molecule has 2 rings (SSSR count). The first-order chi connectivity index (χ1) is 8.72. The molecule has 1 fully saturated rings. The summed E-state index contributed by atoms with van der Waals surface area (Å²) >= 11 is 0. The van der Waals surface area contributed by atoms with Crippen molar-refractivity contribution in [2.24, 2.45) is 5.84 Å². The molecule has 0 atom stereocenters. The van der Waals surface area contributed by atoms with Crippen LogP contribution in [0.25, 0.3) is 0 Å². The molecule has 0 aromatic heterocycles. The first-order valence-corrected chi connectivity index (χ1v) is 5.80. The third kappa shape index (κ3) is 2.69. The van der Waals surface area contributed by atoms with Gasteiger partial charge in [-0.2, -0.15) is 0 Å². The topological polar surface area (TPSA) is 102 Å². The van der Waals surface area contributed by atoms with E-state index in [1.54, 1.807) is 18.2 Å². The Balaban J connectivity index is 2.23. The van der Waals surface area contributed by atoms with Gasteiger partial charge in [0.1, 0.15) is 11.4 Å². The molecule has 4 N–H and O–H groups in total. The monoisotopic (exact) mass is 252 g/mol. The summed E-state index contributed by atoms with van der Waals surface area (Å²) in [6.45, 7) is 1.36. The summed E-state index contributed by atoms with van der Waals surface area (Å²) in [5.74, 6) is 5.29. The Kier molecular flexibility index (Phi) is 3.96. The van der Waals surface area contributed by atoms with Crippen LogP contribution in [0.5, 0.6) is 0 Å². The average molecular weight is 252 g/mol. The lowest BCUT2D eigenvalue weighted by Gasteiger charge is -2.24. The summed E-state index contributed by atoms with van der Waals surface area (Å²) in [5.41, 5.74) is 3.12. The minimum Gasteiger partial charge on any atom is -0.381 e.